The van der Waals surface area contributed by atoms with Crippen molar-refractivity contribution < 1.29 is 9.66 Å². The van der Waals surface area contributed by atoms with E-state index in [1.807, 2.05) is 0 Å². The van der Waals surface area contributed by atoms with Crippen LogP contribution in [-0.4, -0.2) is 10.8 Å². The number of nitrogens with two attached hydrogens (primary N) is 1. The van der Waals surface area contributed by atoms with Crippen molar-refractivity contribution in [3.8, 4) is 5.75 Å². The predicted octanol–water partition coefficient (Wildman–Crippen LogP) is 3.11. The van der Waals surface area contributed by atoms with Crippen LogP contribution in [-0.2, 0) is 6.61 Å². The molecule has 0 aliphatic rings. The summed E-state index contributed by atoms with van der Waals surface area (Å²) in [6, 6.07) is 11.2. The summed E-state index contributed by atoms with van der Waals surface area (Å²) >= 11 is 5.94. The molecule has 0 atom stereocenters. The van der Waals surface area contributed by atoms with Crippen LogP contribution >= 0.6 is 11.6 Å². The Hall–Kier alpha value is -2.60. The molecule has 2 rings (SSSR count). The molecule has 0 bridgehead atoms. The van der Waals surface area contributed by atoms with E-state index in [4.69, 9.17) is 27.5 Å². The molecule has 0 unspecified atom stereocenters. The van der Waals surface area contributed by atoms with Gasteiger partial charge in [0.2, 0.25) is 5.75 Å². The number of ether oxygens (including phenoxy) is 1. The quantitative estimate of drug-likeness (QED) is 0.383. The lowest BCUT2D eigenvalue weighted by Gasteiger charge is -2.09. The highest BCUT2D eigenvalue weighted by Gasteiger charge is 2.18. The number of benzene rings is 2. The summed E-state index contributed by atoms with van der Waals surface area (Å²) in [6.45, 7) is 0.0890. The Bertz CT molecular complexity index is 704. The number of para-hydroxylation sites is 1. The monoisotopic (exact) mass is 305 g/mol. The maximum Gasteiger partial charge on any atom is 0.312 e. The van der Waals surface area contributed by atoms with Gasteiger partial charge in [-0.15, -0.1) is 0 Å². The second kappa shape index (κ2) is 6.23. The lowest BCUT2D eigenvalue weighted by Crippen LogP contribution is -2.11. The molecule has 6 nitrogen and oxygen atoms in total. The largest absolute Gasteiger partial charge is 0.481 e. The van der Waals surface area contributed by atoms with E-state index in [1.54, 1.807) is 24.3 Å². The van der Waals surface area contributed by atoms with E-state index < -0.39 is 4.92 Å². The van der Waals surface area contributed by atoms with Crippen LogP contribution in [0.15, 0.2) is 42.5 Å². The smallest absolute Gasteiger partial charge is 0.312 e. The number of hydrogen-bond donors (Lipinski definition) is 2. The number of hydrogen-bond acceptors (Lipinski definition) is 4. The summed E-state index contributed by atoms with van der Waals surface area (Å²) in [4.78, 5) is 10.4. The minimum absolute atomic E-state index is 0.0254. The molecular weight excluding hydrogens is 294 g/mol. The third kappa shape index (κ3) is 3.49. The Morgan fingerprint density at radius 1 is 1.33 bits per heavy atom. The first kappa shape index (κ1) is 14.8. The van der Waals surface area contributed by atoms with Gasteiger partial charge in [-0.25, -0.2) is 0 Å². The van der Waals surface area contributed by atoms with E-state index in [0.717, 1.165) is 5.56 Å². The highest BCUT2D eigenvalue weighted by atomic mass is 35.5. The molecule has 0 saturated carbocycles. The summed E-state index contributed by atoms with van der Waals surface area (Å²) in [7, 11) is 0. The van der Waals surface area contributed by atoms with E-state index in [2.05, 4.69) is 0 Å². The van der Waals surface area contributed by atoms with Crippen LogP contribution in [0.3, 0.4) is 0 Å². The zero-order valence-electron chi connectivity index (χ0n) is 10.9. The maximum absolute atomic E-state index is 11.0. The first-order chi connectivity index (χ1) is 9.99. The molecule has 0 amide bonds. The standard InChI is InChI=1S/C14H12ClN3O3/c15-11-5-2-6-12(18(19)20)13(11)21-8-9-3-1-4-10(7-9)14(16)17/h1-7H,8H2,(H3,16,17). The molecule has 0 fully saturated rings. The molecule has 0 heterocycles. The van der Waals surface area contributed by atoms with Gasteiger partial charge in [0.05, 0.1) is 9.95 Å². The lowest BCUT2D eigenvalue weighted by atomic mass is 10.1. The van der Waals surface area contributed by atoms with E-state index in [9.17, 15) is 10.1 Å². The lowest BCUT2D eigenvalue weighted by molar-refractivity contribution is -0.385. The molecule has 7 heteroatoms. The average Bonchev–Trinajstić information content (AvgIpc) is 2.46. The topological polar surface area (TPSA) is 102 Å². The zero-order valence-corrected chi connectivity index (χ0v) is 11.6. The number of rotatable bonds is 5. The van der Waals surface area contributed by atoms with Crippen LogP contribution in [0.4, 0.5) is 5.69 Å². The fraction of sp³-hybridized carbons (Fsp3) is 0.0714. The van der Waals surface area contributed by atoms with Crippen molar-refractivity contribution in [3.05, 3.63) is 68.7 Å². The van der Waals surface area contributed by atoms with Crippen LogP contribution in [0.5, 0.6) is 5.75 Å². The maximum atomic E-state index is 11.0. The van der Waals surface area contributed by atoms with Gasteiger partial charge in [0.25, 0.3) is 0 Å². The molecule has 0 aliphatic carbocycles. The van der Waals surface area contributed by atoms with Crippen molar-refractivity contribution >= 4 is 23.1 Å². The minimum Gasteiger partial charge on any atom is -0.481 e. The van der Waals surface area contributed by atoms with Crippen molar-refractivity contribution in [2.75, 3.05) is 0 Å². The first-order valence-corrected chi connectivity index (χ1v) is 6.36. The molecule has 2 aromatic rings. The van der Waals surface area contributed by atoms with Crippen LogP contribution in [0.2, 0.25) is 5.02 Å². The number of nitrogens with zero attached hydrogens (tertiary/aromatic N) is 1. The Labute approximate surface area is 125 Å². The van der Waals surface area contributed by atoms with Crippen molar-refractivity contribution in [1.29, 1.82) is 5.41 Å². The Morgan fingerprint density at radius 2 is 2.05 bits per heavy atom. The van der Waals surface area contributed by atoms with E-state index >= 15 is 0 Å². The van der Waals surface area contributed by atoms with Crippen molar-refractivity contribution in [1.82, 2.24) is 0 Å². The molecule has 21 heavy (non-hydrogen) atoms. The highest BCUT2D eigenvalue weighted by Crippen LogP contribution is 2.34. The van der Waals surface area contributed by atoms with Crippen molar-refractivity contribution in [3.63, 3.8) is 0 Å². The minimum atomic E-state index is -0.548. The molecular formula is C14H12ClN3O3. The van der Waals surface area contributed by atoms with E-state index in [-0.39, 0.29) is 28.9 Å². The van der Waals surface area contributed by atoms with Crippen LogP contribution in [0.1, 0.15) is 11.1 Å². The summed E-state index contributed by atoms with van der Waals surface area (Å²) in [5.74, 6) is -0.0297. The molecule has 0 aromatic heterocycles. The van der Waals surface area contributed by atoms with Crippen molar-refractivity contribution in [2.45, 2.75) is 6.61 Å². The third-order valence-electron chi connectivity index (χ3n) is 2.76. The first-order valence-electron chi connectivity index (χ1n) is 5.98. The number of nitrogens with one attached hydrogen (secondary N) is 1. The van der Waals surface area contributed by atoms with Gasteiger partial charge in [-0.05, 0) is 17.7 Å². The van der Waals surface area contributed by atoms with Gasteiger partial charge in [-0.2, -0.15) is 0 Å². The second-order valence-electron chi connectivity index (χ2n) is 4.25. The van der Waals surface area contributed by atoms with Crippen LogP contribution < -0.4 is 10.5 Å². The van der Waals surface area contributed by atoms with E-state index in [1.165, 1.54) is 18.2 Å². The fourth-order valence-electron chi connectivity index (χ4n) is 1.77. The summed E-state index contributed by atoms with van der Waals surface area (Å²) in [5, 5.41) is 18.5. The molecule has 0 aliphatic heterocycles. The second-order valence-corrected chi connectivity index (χ2v) is 4.66. The fourth-order valence-corrected chi connectivity index (χ4v) is 1.99. The third-order valence-corrected chi connectivity index (χ3v) is 3.06. The highest BCUT2D eigenvalue weighted by molar-refractivity contribution is 6.32. The van der Waals surface area contributed by atoms with Gasteiger partial charge in [0, 0.05) is 11.6 Å². The number of nitro benzene ring substituents is 1. The average molecular weight is 306 g/mol. The Kier molecular flexibility index (Phi) is 4.39. The summed E-state index contributed by atoms with van der Waals surface area (Å²) < 4.78 is 5.47. The van der Waals surface area contributed by atoms with Gasteiger partial charge in [0.1, 0.15) is 12.4 Å². The number of amidine groups is 1. The van der Waals surface area contributed by atoms with Crippen molar-refractivity contribution in [2.24, 2.45) is 5.73 Å². The van der Waals surface area contributed by atoms with Gasteiger partial charge in [0.15, 0.2) is 0 Å². The van der Waals surface area contributed by atoms with Gasteiger partial charge < -0.3 is 10.5 Å². The molecule has 0 saturated heterocycles. The normalized spacial score (nSPS) is 10.1. The van der Waals surface area contributed by atoms with Gasteiger partial charge in [-0.1, -0.05) is 35.9 Å². The van der Waals surface area contributed by atoms with E-state index in [0.29, 0.717) is 5.56 Å². The molecule has 108 valence electrons. The SMILES string of the molecule is N=C(N)c1cccc(COc2c(Cl)cccc2[N+](=O)[O-])c1. The van der Waals surface area contributed by atoms with Gasteiger partial charge >= 0.3 is 5.69 Å². The van der Waals surface area contributed by atoms with Crippen LogP contribution in [0, 0.1) is 15.5 Å². The Morgan fingerprint density at radius 3 is 2.71 bits per heavy atom. The molecule has 0 radical (unpaired) electrons. The number of halogens is 1. The molecule has 2 aromatic carbocycles. The number of nitro groups is 1. The molecule has 3 N–H and O–H groups in total. The number of nitrogen functional groups attached to an aromatic ring is 1. The predicted molar refractivity (Wildman–Crippen MR) is 79.9 cm³/mol. The summed E-state index contributed by atoms with van der Waals surface area (Å²) in [6.07, 6.45) is 0. The van der Waals surface area contributed by atoms with Crippen LogP contribution in [0.25, 0.3) is 0 Å². The molecule has 0 spiro atoms. The zero-order chi connectivity index (χ0) is 15.4. The van der Waals surface area contributed by atoms with Gasteiger partial charge in [-0.3, -0.25) is 15.5 Å². The summed E-state index contributed by atoms with van der Waals surface area (Å²) in [5.41, 5.74) is 6.51. The Balaban J connectivity index is 2.22.